The molecule has 0 spiro atoms. The van der Waals surface area contributed by atoms with Gasteiger partial charge in [0.1, 0.15) is 0 Å². The summed E-state index contributed by atoms with van der Waals surface area (Å²) in [6, 6.07) is 0.127. The summed E-state index contributed by atoms with van der Waals surface area (Å²) >= 11 is 0. The summed E-state index contributed by atoms with van der Waals surface area (Å²) in [5, 5.41) is 2.67. The van der Waals surface area contributed by atoms with Crippen LogP contribution in [0.1, 0.15) is 13.8 Å². The molecule has 0 aliphatic heterocycles. The van der Waals surface area contributed by atoms with Gasteiger partial charge in [0.2, 0.25) is 12.3 Å². The van der Waals surface area contributed by atoms with Crippen LogP contribution in [0.4, 0.5) is 0 Å². The molecule has 0 unspecified atom stereocenters. The third kappa shape index (κ3) is 5.39. The third-order valence-corrected chi connectivity index (χ3v) is 1.02. The molecular weight excluding hydrogens is 144 g/mol. The molecule has 0 atom stereocenters. The third-order valence-electron chi connectivity index (χ3n) is 1.02. The van der Waals surface area contributed by atoms with Crippen molar-refractivity contribution < 1.29 is 9.59 Å². The van der Waals surface area contributed by atoms with E-state index in [2.05, 4.69) is 5.32 Å². The molecular formula is C7H14N2O2. The zero-order valence-corrected chi connectivity index (χ0v) is 7.13. The molecule has 0 aromatic rings. The second-order valence-electron chi connectivity index (χ2n) is 2.74. The number of likely N-dealkylation sites (N-methyl/N-ethyl adjacent to an activating group) is 1. The number of hydrogen-bond donors (Lipinski definition) is 1. The summed E-state index contributed by atoms with van der Waals surface area (Å²) < 4.78 is 0. The molecule has 2 amide bonds. The van der Waals surface area contributed by atoms with E-state index in [9.17, 15) is 9.59 Å². The second kappa shape index (κ2) is 4.71. The lowest BCUT2D eigenvalue weighted by Gasteiger charge is -2.12. The minimum Gasteiger partial charge on any atom is -0.352 e. The monoisotopic (exact) mass is 158 g/mol. The number of nitrogens with zero attached hydrogens (tertiary/aromatic N) is 1. The van der Waals surface area contributed by atoms with E-state index in [1.807, 2.05) is 13.8 Å². The minimum atomic E-state index is -0.130. The highest BCUT2D eigenvalue weighted by atomic mass is 16.2. The smallest absolute Gasteiger partial charge is 0.239 e. The summed E-state index contributed by atoms with van der Waals surface area (Å²) in [7, 11) is 1.56. The molecule has 0 aromatic heterocycles. The first-order chi connectivity index (χ1) is 5.06. The largest absolute Gasteiger partial charge is 0.352 e. The van der Waals surface area contributed by atoms with Gasteiger partial charge in [0.25, 0.3) is 0 Å². The van der Waals surface area contributed by atoms with E-state index in [0.29, 0.717) is 6.41 Å². The van der Waals surface area contributed by atoms with Gasteiger partial charge in [-0.25, -0.2) is 0 Å². The Morgan fingerprint density at radius 2 is 2.18 bits per heavy atom. The summed E-state index contributed by atoms with van der Waals surface area (Å²) in [4.78, 5) is 22.3. The molecule has 0 aromatic carbocycles. The molecule has 1 N–H and O–H groups in total. The quantitative estimate of drug-likeness (QED) is 0.566. The lowest BCUT2D eigenvalue weighted by atomic mass is 10.4. The van der Waals surface area contributed by atoms with Crippen LogP contribution in [0.15, 0.2) is 0 Å². The van der Waals surface area contributed by atoms with E-state index in [-0.39, 0.29) is 18.5 Å². The van der Waals surface area contributed by atoms with Gasteiger partial charge in [-0.3, -0.25) is 9.59 Å². The van der Waals surface area contributed by atoms with E-state index >= 15 is 0 Å². The van der Waals surface area contributed by atoms with Gasteiger partial charge in [-0.2, -0.15) is 0 Å². The topological polar surface area (TPSA) is 49.4 Å². The van der Waals surface area contributed by atoms with Crippen molar-refractivity contribution in [2.24, 2.45) is 0 Å². The number of carbonyl (C=O) groups excluding carboxylic acids is 2. The molecule has 0 saturated carbocycles. The number of amides is 2. The van der Waals surface area contributed by atoms with Crippen LogP contribution >= 0.6 is 0 Å². The standard InChI is InChI=1S/C7H14N2O2/c1-6(2)8-7(11)4-9(3)5-10/h5-6H,4H2,1-3H3,(H,8,11). The van der Waals surface area contributed by atoms with Crippen LogP contribution in [-0.4, -0.2) is 36.9 Å². The van der Waals surface area contributed by atoms with Crippen LogP contribution in [0.5, 0.6) is 0 Å². The van der Waals surface area contributed by atoms with Gasteiger partial charge in [-0.1, -0.05) is 0 Å². The maximum absolute atomic E-state index is 10.9. The van der Waals surface area contributed by atoms with Crippen LogP contribution in [-0.2, 0) is 9.59 Å². The van der Waals surface area contributed by atoms with Crippen molar-refractivity contribution in [2.45, 2.75) is 19.9 Å². The second-order valence-corrected chi connectivity index (χ2v) is 2.74. The van der Waals surface area contributed by atoms with E-state index in [0.717, 1.165) is 0 Å². The summed E-state index contributed by atoms with van der Waals surface area (Å²) in [5.74, 6) is -0.130. The zero-order valence-electron chi connectivity index (χ0n) is 7.13. The molecule has 0 heterocycles. The van der Waals surface area contributed by atoms with Crippen molar-refractivity contribution in [2.75, 3.05) is 13.6 Å². The lowest BCUT2D eigenvalue weighted by Crippen LogP contribution is -2.38. The number of hydrogen-bond acceptors (Lipinski definition) is 2. The first-order valence-electron chi connectivity index (χ1n) is 3.51. The maximum Gasteiger partial charge on any atom is 0.239 e. The van der Waals surface area contributed by atoms with Gasteiger partial charge in [-0.05, 0) is 13.8 Å². The molecule has 0 rings (SSSR count). The first kappa shape index (κ1) is 9.94. The van der Waals surface area contributed by atoms with Gasteiger partial charge in [0.15, 0.2) is 0 Å². The Balaban J connectivity index is 3.60. The molecule has 11 heavy (non-hydrogen) atoms. The molecule has 0 aliphatic carbocycles. The Hall–Kier alpha value is -1.06. The van der Waals surface area contributed by atoms with E-state index in [4.69, 9.17) is 0 Å². The highest BCUT2D eigenvalue weighted by Gasteiger charge is 2.04. The van der Waals surface area contributed by atoms with E-state index in [1.165, 1.54) is 4.90 Å². The fourth-order valence-electron chi connectivity index (χ4n) is 0.631. The highest BCUT2D eigenvalue weighted by Crippen LogP contribution is 1.79. The highest BCUT2D eigenvalue weighted by molar-refractivity contribution is 5.79. The van der Waals surface area contributed by atoms with Crippen LogP contribution in [0, 0.1) is 0 Å². The Morgan fingerprint density at radius 1 is 1.64 bits per heavy atom. The summed E-state index contributed by atoms with van der Waals surface area (Å²) in [6.45, 7) is 3.87. The van der Waals surface area contributed by atoms with E-state index in [1.54, 1.807) is 7.05 Å². The van der Waals surface area contributed by atoms with Crippen LogP contribution < -0.4 is 5.32 Å². The molecule has 0 fully saturated rings. The molecule has 0 bridgehead atoms. The maximum atomic E-state index is 10.9. The Kier molecular flexibility index (Phi) is 4.26. The van der Waals surface area contributed by atoms with Crippen molar-refractivity contribution in [3.63, 3.8) is 0 Å². The van der Waals surface area contributed by atoms with Gasteiger partial charge < -0.3 is 10.2 Å². The number of rotatable bonds is 4. The zero-order chi connectivity index (χ0) is 8.85. The summed E-state index contributed by atoms with van der Waals surface area (Å²) in [5.41, 5.74) is 0. The van der Waals surface area contributed by atoms with Crippen LogP contribution in [0.2, 0.25) is 0 Å². The molecule has 64 valence electrons. The number of nitrogens with one attached hydrogen (secondary N) is 1. The van der Waals surface area contributed by atoms with Crippen molar-refractivity contribution >= 4 is 12.3 Å². The average molecular weight is 158 g/mol. The molecule has 0 radical (unpaired) electrons. The summed E-state index contributed by atoms with van der Waals surface area (Å²) in [6.07, 6.45) is 0.625. The molecule has 0 saturated heterocycles. The molecule has 4 nitrogen and oxygen atoms in total. The van der Waals surface area contributed by atoms with Gasteiger partial charge in [-0.15, -0.1) is 0 Å². The lowest BCUT2D eigenvalue weighted by molar-refractivity contribution is -0.127. The average Bonchev–Trinajstić information content (AvgIpc) is 1.85. The fraction of sp³-hybridized carbons (Fsp3) is 0.714. The Bertz CT molecular complexity index is 145. The number of carbonyl (C=O) groups is 2. The van der Waals surface area contributed by atoms with Gasteiger partial charge in [0, 0.05) is 13.1 Å². The van der Waals surface area contributed by atoms with Crippen molar-refractivity contribution in [1.82, 2.24) is 10.2 Å². The first-order valence-corrected chi connectivity index (χ1v) is 3.51. The normalized spacial score (nSPS) is 9.45. The Labute approximate surface area is 66.6 Å². The van der Waals surface area contributed by atoms with Crippen molar-refractivity contribution in [1.29, 1.82) is 0 Å². The predicted molar refractivity (Wildman–Crippen MR) is 42.0 cm³/mol. The van der Waals surface area contributed by atoms with Crippen molar-refractivity contribution in [3.8, 4) is 0 Å². The van der Waals surface area contributed by atoms with Gasteiger partial charge in [0.05, 0.1) is 6.54 Å². The molecule has 4 heteroatoms. The fourth-order valence-corrected chi connectivity index (χ4v) is 0.631. The molecule has 0 aliphatic rings. The van der Waals surface area contributed by atoms with Crippen LogP contribution in [0.3, 0.4) is 0 Å². The van der Waals surface area contributed by atoms with Crippen molar-refractivity contribution in [3.05, 3.63) is 0 Å². The van der Waals surface area contributed by atoms with E-state index < -0.39 is 0 Å². The SMILES string of the molecule is CC(C)NC(=O)CN(C)C=O. The van der Waals surface area contributed by atoms with Gasteiger partial charge >= 0.3 is 0 Å². The Morgan fingerprint density at radius 3 is 2.55 bits per heavy atom. The predicted octanol–water partition coefficient (Wildman–Crippen LogP) is -0.401. The minimum absolute atomic E-state index is 0.127. The van der Waals surface area contributed by atoms with Crippen LogP contribution in [0.25, 0.3) is 0 Å².